The van der Waals surface area contributed by atoms with Crippen LogP contribution in [0.25, 0.3) is 0 Å². The molecule has 7 heteroatoms. The summed E-state index contributed by atoms with van der Waals surface area (Å²) in [6.07, 6.45) is 5.86. The van der Waals surface area contributed by atoms with Crippen LogP contribution in [0.3, 0.4) is 0 Å². The predicted octanol–water partition coefficient (Wildman–Crippen LogP) is 0.467. The molecule has 1 amide bonds. The van der Waals surface area contributed by atoms with E-state index in [1.165, 1.54) is 17.7 Å². The van der Waals surface area contributed by atoms with E-state index in [-0.39, 0.29) is 11.9 Å². The van der Waals surface area contributed by atoms with Crippen molar-refractivity contribution in [3.05, 3.63) is 34.7 Å². The first-order valence-corrected chi connectivity index (χ1v) is 7.79. The second-order valence-corrected chi connectivity index (χ2v) is 6.08. The first-order valence-electron chi connectivity index (χ1n) is 7.79. The number of aromatic amines is 2. The van der Waals surface area contributed by atoms with Gasteiger partial charge in [0.05, 0.1) is 24.3 Å². The summed E-state index contributed by atoms with van der Waals surface area (Å²) >= 11 is 0. The van der Waals surface area contributed by atoms with Crippen molar-refractivity contribution >= 4 is 5.91 Å². The molecule has 4 rings (SSSR count). The molecular formula is C15H20N6O. The Hall–Kier alpha value is -2.15. The van der Waals surface area contributed by atoms with E-state index in [4.69, 9.17) is 0 Å². The number of nitrogens with one attached hydrogen (secondary N) is 3. The maximum Gasteiger partial charge on any atom is 0.246 e. The second kappa shape index (κ2) is 5.24. The molecule has 0 fully saturated rings. The van der Waals surface area contributed by atoms with E-state index in [9.17, 15) is 4.79 Å². The van der Waals surface area contributed by atoms with Gasteiger partial charge in [-0.25, -0.2) is 4.98 Å². The summed E-state index contributed by atoms with van der Waals surface area (Å²) in [5.74, 6) is 0.0443. The molecule has 0 saturated heterocycles. The number of carbonyl (C=O) groups excluding carboxylic acids is 1. The summed E-state index contributed by atoms with van der Waals surface area (Å²) in [6.45, 7) is 1.33. The minimum atomic E-state index is -0.355. The number of rotatable bonds is 3. The number of likely N-dealkylation sites (N-methyl/N-ethyl adjacent to an activating group) is 1. The Bertz CT molecular complexity index is 703. The highest BCUT2D eigenvalue weighted by Crippen LogP contribution is 2.25. The third kappa shape index (κ3) is 2.12. The van der Waals surface area contributed by atoms with Crippen molar-refractivity contribution in [1.29, 1.82) is 0 Å². The van der Waals surface area contributed by atoms with Crippen LogP contribution in [-0.2, 0) is 30.6 Å². The molecule has 7 nitrogen and oxygen atoms in total. The van der Waals surface area contributed by atoms with Crippen LogP contribution in [-0.4, -0.2) is 44.6 Å². The number of fused-ring (bicyclic) bond motifs is 2. The Morgan fingerprint density at radius 3 is 3.18 bits per heavy atom. The normalized spacial score (nSPS) is 19.8. The number of aromatic nitrogens is 4. The van der Waals surface area contributed by atoms with Crippen LogP contribution < -0.4 is 5.32 Å². The summed E-state index contributed by atoms with van der Waals surface area (Å²) in [5.41, 5.74) is 5.43. The smallest absolute Gasteiger partial charge is 0.246 e. The lowest BCUT2D eigenvalue weighted by Gasteiger charge is -2.26. The third-order valence-electron chi connectivity index (χ3n) is 4.65. The van der Waals surface area contributed by atoms with Gasteiger partial charge in [-0.1, -0.05) is 0 Å². The van der Waals surface area contributed by atoms with Crippen molar-refractivity contribution in [2.45, 2.75) is 38.3 Å². The molecule has 0 aromatic carbocycles. The summed E-state index contributed by atoms with van der Waals surface area (Å²) in [7, 11) is 1.83. The monoisotopic (exact) mass is 300 g/mol. The van der Waals surface area contributed by atoms with Crippen LogP contribution in [0.2, 0.25) is 0 Å². The van der Waals surface area contributed by atoms with Crippen molar-refractivity contribution in [3.63, 3.8) is 0 Å². The van der Waals surface area contributed by atoms with E-state index in [0.717, 1.165) is 42.9 Å². The topological polar surface area (TPSA) is 89.7 Å². The van der Waals surface area contributed by atoms with E-state index in [1.807, 2.05) is 7.05 Å². The number of imidazole rings is 1. The number of H-pyrrole nitrogens is 2. The minimum absolute atomic E-state index is 0.0443. The predicted molar refractivity (Wildman–Crippen MR) is 80.1 cm³/mol. The summed E-state index contributed by atoms with van der Waals surface area (Å²) in [5, 5.41) is 10.8. The molecule has 2 aliphatic rings. The van der Waals surface area contributed by atoms with Crippen LogP contribution >= 0.6 is 0 Å². The van der Waals surface area contributed by atoms with Gasteiger partial charge in [0, 0.05) is 31.4 Å². The van der Waals surface area contributed by atoms with Crippen LogP contribution in [0.4, 0.5) is 0 Å². The maximum absolute atomic E-state index is 12.8. The zero-order valence-electron chi connectivity index (χ0n) is 12.6. The highest BCUT2D eigenvalue weighted by molar-refractivity contribution is 5.83. The Kier molecular flexibility index (Phi) is 3.22. The molecule has 3 N–H and O–H groups in total. The summed E-state index contributed by atoms with van der Waals surface area (Å²) in [4.78, 5) is 21.9. The molecule has 0 bridgehead atoms. The Labute approximate surface area is 128 Å². The highest BCUT2D eigenvalue weighted by Gasteiger charge is 2.31. The average Bonchev–Trinajstić information content (AvgIpc) is 3.23. The van der Waals surface area contributed by atoms with Gasteiger partial charge in [0.15, 0.2) is 0 Å². The first-order chi connectivity index (χ1) is 10.7. The van der Waals surface area contributed by atoms with Crippen LogP contribution in [0.15, 0.2) is 6.33 Å². The fourth-order valence-electron chi connectivity index (χ4n) is 3.46. The SMILES string of the molecule is CN(Cc1n[nH]c2c1CCC2)C(=O)C1NCCc2[nH]cnc21. The van der Waals surface area contributed by atoms with E-state index < -0.39 is 0 Å². The lowest BCUT2D eigenvalue weighted by molar-refractivity contribution is -0.133. The number of nitrogens with zero attached hydrogens (tertiary/aromatic N) is 3. The standard InChI is InChI=1S/C15H20N6O/c1-21(7-12-9-3-2-4-10(9)19-20-12)15(22)14-13-11(5-6-16-14)17-8-18-13/h8,14,16H,2-7H2,1H3,(H,17,18)(H,19,20). The van der Waals surface area contributed by atoms with Crippen molar-refractivity contribution in [3.8, 4) is 0 Å². The second-order valence-electron chi connectivity index (χ2n) is 6.08. The van der Waals surface area contributed by atoms with Crippen molar-refractivity contribution < 1.29 is 4.79 Å². The Morgan fingerprint density at radius 1 is 1.36 bits per heavy atom. The average molecular weight is 300 g/mol. The molecule has 0 spiro atoms. The van der Waals surface area contributed by atoms with Gasteiger partial charge in [0.2, 0.25) is 5.91 Å². The van der Waals surface area contributed by atoms with Crippen molar-refractivity contribution in [1.82, 2.24) is 30.4 Å². The van der Waals surface area contributed by atoms with Gasteiger partial charge in [0.25, 0.3) is 0 Å². The molecule has 2 aromatic rings. The third-order valence-corrected chi connectivity index (χ3v) is 4.65. The van der Waals surface area contributed by atoms with Gasteiger partial charge >= 0.3 is 0 Å². The zero-order valence-corrected chi connectivity index (χ0v) is 12.6. The van der Waals surface area contributed by atoms with Gasteiger partial charge in [-0.2, -0.15) is 5.10 Å². The van der Waals surface area contributed by atoms with Crippen LogP contribution in [0.1, 0.15) is 40.8 Å². The van der Waals surface area contributed by atoms with Crippen molar-refractivity contribution in [2.75, 3.05) is 13.6 Å². The molecule has 22 heavy (non-hydrogen) atoms. The molecule has 1 unspecified atom stereocenters. The number of aryl methyl sites for hydroxylation is 1. The Balaban J connectivity index is 1.51. The van der Waals surface area contributed by atoms with Gasteiger partial charge < -0.3 is 15.2 Å². The largest absolute Gasteiger partial charge is 0.348 e. The fraction of sp³-hybridized carbons (Fsp3) is 0.533. The quantitative estimate of drug-likeness (QED) is 0.768. The summed E-state index contributed by atoms with van der Waals surface area (Å²) < 4.78 is 0. The number of amides is 1. The van der Waals surface area contributed by atoms with Gasteiger partial charge in [-0.05, 0) is 24.8 Å². The van der Waals surface area contributed by atoms with E-state index in [2.05, 4.69) is 25.5 Å². The number of carbonyl (C=O) groups is 1. The molecule has 2 aromatic heterocycles. The minimum Gasteiger partial charge on any atom is -0.348 e. The number of hydrogen-bond acceptors (Lipinski definition) is 4. The molecule has 1 aliphatic carbocycles. The molecule has 116 valence electrons. The van der Waals surface area contributed by atoms with Gasteiger partial charge in [0.1, 0.15) is 6.04 Å². The lowest BCUT2D eigenvalue weighted by Crippen LogP contribution is -2.42. The van der Waals surface area contributed by atoms with Crippen molar-refractivity contribution in [2.24, 2.45) is 0 Å². The first kappa shape index (κ1) is 13.5. The molecule has 3 heterocycles. The molecule has 1 atom stereocenters. The highest BCUT2D eigenvalue weighted by atomic mass is 16.2. The fourth-order valence-corrected chi connectivity index (χ4v) is 3.46. The molecule has 0 radical (unpaired) electrons. The van der Waals surface area contributed by atoms with Crippen LogP contribution in [0.5, 0.6) is 0 Å². The van der Waals surface area contributed by atoms with E-state index >= 15 is 0 Å². The summed E-state index contributed by atoms with van der Waals surface area (Å²) in [6, 6.07) is -0.355. The van der Waals surface area contributed by atoms with E-state index in [0.29, 0.717) is 6.54 Å². The maximum atomic E-state index is 12.8. The number of hydrogen-bond donors (Lipinski definition) is 3. The van der Waals surface area contributed by atoms with Crippen LogP contribution in [0, 0.1) is 0 Å². The lowest BCUT2D eigenvalue weighted by atomic mass is 10.0. The van der Waals surface area contributed by atoms with Gasteiger partial charge in [-0.15, -0.1) is 0 Å². The Morgan fingerprint density at radius 2 is 2.27 bits per heavy atom. The molecule has 0 saturated carbocycles. The zero-order chi connectivity index (χ0) is 15.1. The molecular weight excluding hydrogens is 280 g/mol. The molecule has 1 aliphatic heterocycles. The van der Waals surface area contributed by atoms with E-state index in [1.54, 1.807) is 11.2 Å². The van der Waals surface area contributed by atoms with Gasteiger partial charge in [-0.3, -0.25) is 9.89 Å².